The molecular weight excluding hydrogens is 877 g/mol. The fourth-order valence-corrected chi connectivity index (χ4v) is 8.72. The number of carbonyl (C=O) groups excluding carboxylic acids is 3. The number of likely N-dealkylation sites (N-methyl/N-ethyl adjacent to an activating group) is 1. The molecule has 3 aromatic carbocycles. The molecule has 6 rings (SSSR count). The molecule has 352 valence electrons. The third-order valence-corrected chi connectivity index (χ3v) is 12.2. The Balaban J connectivity index is 0.000000511. The van der Waals surface area contributed by atoms with Crippen molar-refractivity contribution in [3.63, 3.8) is 0 Å². The minimum Gasteiger partial charge on any atom is -0.336 e. The summed E-state index contributed by atoms with van der Waals surface area (Å²) in [5.74, 6) is 0.144. The van der Waals surface area contributed by atoms with Crippen LogP contribution >= 0.6 is 34.0 Å². The lowest BCUT2D eigenvalue weighted by molar-refractivity contribution is -0.131. The van der Waals surface area contributed by atoms with Gasteiger partial charge in [0.2, 0.25) is 5.91 Å². The smallest absolute Gasteiger partial charge is 0.227 e. The van der Waals surface area contributed by atoms with Crippen LogP contribution in [0.5, 0.6) is 0 Å². The summed E-state index contributed by atoms with van der Waals surface area (Å²) in [7, 11) is 7.65. The molecule has 0 bridgehead atoms. The number of carbonyl (C=O) groups is 3. The number of hydrogen-bond acceptors (Lipinski definition) is 11. The molecule has 0 radical (unpaired) electrons. The van der Waals surface area contributed by atoms with E-state index in [1.165, 1.54) is 32.9 Å². The number of aromatic nitrogens is 2. The minimum absolute atomic E-state index is 0.144. The third kappa shape index (κ3) is 20.4. The molecule has 0 saturated carbocycles. The van der Waals surface area contributed by atoms with E-state index < -0.39 is 0 Å². The molecule has 0 saturated heterocycles. The van der Waals surface area contributed by atoms with Crippen molar-refractivity contribution in [2.24, 2.45) is 0 Å². The Kier molecular flexibility index (Phi) is 29.1. The molecule has 6 aromatic rings. The predicted molar refractivity (Wildman–Crippen MR) is 285 cm³/mol. The number of benzene rings is 3. The maximum atomic E-state index is 13.0. The van der Waals surface area contributed by atoms with Gasteiger partial charge in [-0.05, 0) is 99.3 Å². The summed E-state index contributed by atoms with van der Waals surface area (Å²) in [5.41, 5.74) is 6.68. The summed E-state index contributed by atoms with van der Waals surface area (Å²) in [6.45, 7) is 17.1. The van der Waals surface area contributed by atoms with Gasteiger partial charge in [-0.2, -0.15) is 0 Å². The highest BCUT2D eigenvalue weighted by molar-refractivity contribution is 7.15. The quantitative estimate of drug-likeness (QED) is 0.0611. The highest BCUT2D eigenvalue weighted by atomic mass is 32.1. The Bertz CT molecular complexity index is 2280. The molecule has 3 heterocycles. The summed E-state index contributed by atoms with van der Waals surface area (Å²) in [5, 5.41) is 9.63. The zero-order valence-corrected chi connectivity index (χ0v) is 42.8. The summed E-state index contributed by atoms with van der Waals surface area (Å²) >= 11 is 4.89. The predicted octanol–water partition coefficient (Wildman–Crippen LogP) is 12.3. The van der Waals surface area contributed by atoms with Gasteiger partial charge in [0.25, 0.3) is 0 Å². The van der Waals surface area contributed by atoms with Crippen molar-refractivity contribution in [3.05, 3.63) is 166 Å². The SMILES string of the molecule is C=C/C=C(\C=C/C)[C@@H](C=O)NC.CC.CCCN(C)Cc1ncc(-c2ccc(-c3ccc(-c4cnc(CN(CCC)C(=O)Cc5ccccc5)s4)cc3)cc2)s1.CNC.O=Cc1cccs1. The first kappa shape index (κ1) is 56.7. The van der Waals surface area contributed by atoms with Gasteiger partial charge in [-0.15, -0.1) is 34.0 Å². The highest BCUT2D eigenvalue weighted by Gasteiger charge is 2.16. The molecule has 0 spiro atoms. The number of hydrogen-bond donors (Lipinski definition) is 2. The van der Waals surface area contributed by atoms with Crippen LogP contribution < -0.4 is 10.6 Å². The number of rotatable bonds is 19. The lowest BCUT2D eigenvalue weighted by atomic mass is 10.0. The molecule has 1 atom stereocenters. The molecule has 12 heteroatoms. The monoisotopic (exact) mass is 946 g/mol. The average Bonchev–Trinajstić information content (AvgIpc) is 4.15. The van der Waals surface area contributed by atoms with E-state index in [-0.39, 0.29) is 11.9 Å². The Morgan fingerprint density at radius 3 is 1.71 bits per heavy atom. The van der Waals surface area contributed by atoms with Gasteiger partial charge in [0.15, 0.2) is 6.29 Å². The van der Waals surface area contributed by atoms with Gasteiger partial charge in [-0.3, -0.25) is 14.5 Å². The number of allylic oxidation sites excluding steroid dienone is 3. The first-order chi connectivity index (χ1) is 32.2. The average molecular weight is 947 g/mol. The van der Waals surface area contributed by atoms with Crippen LogP contribution in [0.25, 0.3) is 32.0 Å². The van der Waals surface area contributed by atoms with E-state index in [1.54, 1.807) is 41.9 Å². The van der Waals surface area contributed by atoms with E-state index in [0.29, 0.717) is 13.0 Å². The summed E-state index contributed by atoms with van der Waals surface area (Å²) in [6, 6.07) is 30.8. The van der Waals surface area contributed by atoms with Crippen molar-refractivity contribution in [3.8, 4) is 32.0 Å². The largest absolute Gasteiger partial charge is 0.336 e. The van der Waals surface area contributed by atoms with E-state index in [4.69, 9.17) is 0 Å². The molecule has 1 amide bonds. The van der Waals surface area contributed by atoms with Crippen LogP contribution in [0.15, 0.2) is 145 Å². The van der Waals surface area contributed by atoms with Gasteiger partial charge in [-0.1, -0.05) is 144 Å². The zero-order chi connectivity index (χ0) is 48.5. The van der Waals surface area contributed by atoms with Gasteiger partial charge >= 0.3 is 0 Å². The van der Waals surface area contributed by atoms with Crippen molar-refractivity contribution in [2.75, 3.05) is 41.3 Å². The van der Waals surface area contributed by atoms with E-state index in [9.17, 15) is 14.4 Å². The maximum Gasteiger partial charge on any atom is 0.227 e. The zero-order valence-electron chi connectivity index (χ0n) is 40.3. The third-order valence-electron chi connectivity index (χ3n) is 9.30. The van der Waals surface area contributed by atoms with Crippen LogP contribution in [0.3, 0.4) is 0 Å². The molecule has 0 aliphatic heterocycles. The van der Waals surface area contributed by atoms with Crippen LogP contribution in [0.2, 0.25) is 0 Å². The second-order valence-electron chi connectivity index (χ2n) is 14.5. The Hall–Kier alpha value is -5.47. The highest BCUT2D eigenvalue weighted by Crippen LogP contribution is 2.32. The minimum atomic E-state index is -0.237. The fourth-order valence-electron chi connectivity index (χ4n) is 6.25. The van der Waals surface area contributed by atoms with Gasteiger partial charge in [0, 0.05) is 18.9 Å². The molecule has 2 N–H and O–H groups in total. The lowest BCUT2D eigenvalue weighted by Crippen LogP contribution is -2.32. The van der Waals surface area contributed by atoms with Crippen molar-refractivity contribution in [1.29, 1.82) is 0 Å². The van der Waals surface area contributed by atoms with Crippen LogP contribution in [0, 0.1) is 0 Å². The summed E-state index contributed by atoms with van der Waals surface area (Å²) in [6.07, 6.45) is 15.4. The van der Waals surface area contributed by atoms with Crippen molar-refractivity contribution >= 4 is 52.5 Å². The molecule has 3 aromatic heterocycles. The van der Waals surface area contributed by atoms with E-state index in [0.717, 1.165) is 81.5 Å². The van der Waals surface area contributed by atoms with E-state index >= 15 is 0 Å². The fraction of sp³-hybridized carbons (Fsp3) is 0.315. The standard InChI is InChI=1S/C35H38N4OS2.C10H15NO.C5H4OS.C2H7N.C2H6/c1-4-19-38(3)24-33-36-22-31(41-33)29-15-11-27(12-16-29)28-13-17-30(18-14-28)32-23-37-34(42-32)25-39(20-5-2)35(40)21-26-9-7-6-8-10-26;1-4-6-9(7-5-2)10(8-12)11-3;6-4-5-2-1-3-7-5;1-3-2;1-2/h6-18,22-23H,4-5,19-21,24-25H2,1-3H3;4-8,10-11H,1H2,2-3H3;1-4H;3H,1-2H3;1-2H3/b;7-5-,9-6+;;;/t;10-;;;/m.1.../s1. The molecule has 0 aliphatic rings. The first-order valence-corrected chi connectivity index (χ1v) is 24.9. The van der Waals surface area contributed by atoms with Gasteiger partial charge < -0.3 is 20.3 Å². The van der Waals surface area contributed by atoms with Crippen molar-refractivity contribution < 1.29 is 14.4 Å². The number of amides is 1. The number of thiophene rings is 1. The second kappa shape index (κ2) is 33.9. The Morgan fingerprint density at radius 1 is 0.758 bits per heavy atom. The normalized spacial score (nSPS) is 11.1. The van der Waals surface area contributed by atoms with Crippen molar-refractivity contribution in [2.45, 2.75) is 73.0 Å². The molecule has 0 unspecified atom stereocenters. The Labute approximate surface area is 407 Å². The van der Waals surface area contributed by atoms with Gasteiger partial charge in [0.05, 0.1) is 40.2 Å². The van der Waals surface area contributed by atoms with Gasteiger partial charge in [-0.25, -0.2) is 9.97 Å². The molecular formula is C54H70N6O3S3. The van der Waals surface area contributed by atoms with Gasteiger partial charge in [0.1, 0.15) is 16.3 Å². The van der Waals surface area contributed by atoms with E-state index in [2.05, 4.69) is 102 Å². The topological polar surface area (TPSA) is 108 Å². The number of nitrogens with zero attached hydrogens (tertiary/aromatic N) is 4. The Morgan fingerprint density at radius 2 is 1.29 bits per heavy atom. The molecule has 0 fully saturated rings. The molecule has 0 aliphatic carbocycles. The summed E-state index contributed by atoms with van der Waals surface area (Å²) in [4.78, 5) is 50.1. The number of aldehydes is 2. The number of nitrogens with one attached hydrogen (secondary N) is 2. The van der Waals surface area contributed by atoms with Crippen LogP contribution in [0.4, 0.5) is 0 Å². The number of thiazole rings is 2. The second-order valence-corrected chi connectivity index (χ2v) is 17.8. The molecule has 66 heavy (non-hydrogen) atoms. The lowest BCUT2D eigenvalue weighted by Gasteiger charge is -2.21. The van der Waals surface area contributed by atoms with Crippen LogP contribution in [0.1, 0.15) is 72.7 Å². The van der Waals surface area contributed by atoms with Crippen molar-refractivity contribution in [1.82, 2.24) is 30.4 Å². The first-order valence-electron chi connectivity index (χ1n) is 22.4. The van der Waals surface area contributed by atoms with E-state index in [1.807, 2.05) is 112 Å². The van der Waals surface area contributed by atoms with Crippen LogP contribution in [-0.4, -0.2) is 85.6 Å². The molecule has 9 nitrogen and oxygen atoms in total. The van der Waals surface area contributed by atoms with Crippen LogP contribution in [-0.2, 0) is 29.1 Å². The summed E-state index contributed by atoms with van der Waals surface area (Å²) < 4.78 is 0. The maximum absolute atomic E-state index is 13.0.